The summed E-state index contributed by atoms with van der Waals surface area (Å²) in [6.07, 6.45) is 6.68. The van der Waals surface area contributed by atoms with E-state index in [4.69, 9.17) is 0 Å². The van der Waals surface area contributed by atoms with Gasteiger partial charge in [0.25, 0.3) is 0 Å². The summed E-state index contributed by atoms with van der Waals surface area (Å²) in [7, 11) is 0. The first-order valence-electron chi connectivity index (χ1n) is 6.16. The predicted octanol–water partition coefficient (Wildman–Crippen LogP) is 3.07. The summed E-state index contributed by atoms with van der Waals surface area (Å²) in [5.74, 6) is 0.192. The van der Waals surface area contributed by atoms with Gasteiger partial charge in [-0.15, -0.1) is 0 Å². The van der Waals surface area contributed by atoms with Gasteiger partial charge >= 0.3 is 115 Å². The molecule has 2 heteroatoms. The Morgan fingerprint density at radius 1 is 1.24 bits per heavy atom. The fourth-order valence-electron chi connectivity index (χ4n) is 1.57. The van der Waals surface area contributed by atoms with Crippen LogP contribution in [-0.4, -0.2) is 26.7 Å². The van der Waals surface area contributed by atoms with Crippen LogP contribution in [0.15, 0.2) is 40.0 Å². The molecule has 0 bridgehead atoms. The molecule has 0 aromatic heterocycles. The van der Waals surface area contributed by atoms with Crippen molar-refractivity contribution in [2.24, 2.45) is 0 Å². The molecule has 17 heavy (non-hydrogen) atoms. The first-order chi connectivity index (χ1) is 8.22. The third-order valence-corrected chi connectivity index (χ3v) is 5.50. The Kier molecular flexibility index (Phi) is 7.24. The van der Waals surface area contributed by atoms with E-state index in [1.54, 1.807) is 6.92 Å². The topological polar surface area (TPSA) is 17.1 Å². The van der Waals surface area contributed by atoms with Crippen molar-refractivity contribution in [1.29, 1.82) is 0 Å². The second-order valence-corrected chi connectivity index (χ2v) is 7.52. The van der Waals surface area contributed by atoms with Crippen LogP contribution in [-0.2, 0) is 4.79 Å². The zero-order valence-corrected chi connectivity index (χ0v) is 12.9. The van der Waals surface area contributed by atoms with E-state index in [1.807, 2.05) is 12.1 Å². The summed E-state index contributed by atoms with van der Waals surface area (Å²) in [5.41, 5.74) is 0. The molecule has 0 heterocycles. The molecule has 0 radical (unpaired) electrons. The van der Waals surface area contributed by atoms with Crippen molar-refractivity contribution in [1.82, 2.24) is 0 Å². The molecule has 0 N–H and O–H groups in total. The minimum atomic E-state index is -0.342. The number of unbranched alkanes of at least 4 members (excludes halogenated alkanes) is 2. The molecule has 0 spiro atoms. The van der Waals surface area contributed by atoms with Crippen LogP contribution in [0.5, 0.6) is 0 Å². The van der Waals surface area contributed by atoms with E-state index >= 15 is 0 Å². The SMILES string of the molecule is CCCCC/C(=C/C(C)=O)[Te]c1ccccc1. The first kappa shape index (κ1) is 14.5. The zero-order chi connectivity index (χ0) is 12.5. The van der Waals surface area contributed by atoms with Crippen LogP contribution in [0.1, 0.15) is 39.5 Å². The monoisotopic (exact) mass is 346 g/mol. The molecule has 1 aromatic carbocycles. The maximum atomic E-state index is 11.2. The number of ketones is 1. The number of allylic oxidation sites excluding steroid dienone is 2. The molecule has 0 aliphatic heterocycles. The molecule has 0 aliphatic rings. The van der Waals surface area contributed by atoms with Crippen molar-refractivity contribution in [2.45, 2.75) is 39.5 Å². The van der Waals surface area contributed by atoms with Gasteiger partial charge in [0.2, 0.25) is 0 Å². The Hall–Kier alpha value is -0.580. The standard InChI is InChI=1S/C15H20OTe/c1-3-4-6-11-15(12-13(2)16)17-14-9-7-5-8-10-14/h5,7-10,12H,3-4,6,11H2,1-2H3/b15-12-. The Balaban J connectivity index is 2.61. The fraction of sp³-hybridized carbons (Fsp3) is 0.400. The molecular weight excluding hydrogens is 324 g/mol. The molecule has 0 saturated heterocycles. The van der Waals surface area contributed by atoms with E-state index in [0.29, 0.717) is 0 Å². The Morgan fingerprint density at radius 3 is 2.53 bits per heavy atom. The Morgan fingerprint density at radius 2 is 1.94 bits per heavy atom. The zero-order valence-electron chi connectivity index (χ0n) is 10.6. The summed E-state index contributed by atoms with van der Waals surface area (Å²) < 4.78 is 2.81. The van der Waals surface area contributed by atoms with Gasteiger partial charge in [0, 0.05) is 0 Å². The van der Waals surface area contributed by atoms with Gasteiger partial charge in [-0.05, 0) is 0 Å². The van der Waals surface area contributed by atoms with Crippen LogP contribution >= 0.6 is 0 Å². The van der Waals surface area contributed by atoms with Crippen LogP contribution in [0.25, 0.3) is 0 Å². The van der Waals surface area contributed by atoms with E-state index in [9.17, 15) is 4.79 Å². The van der Waals surface area contributed by atoms with Crippen molar-refractivity contribution in [3.05, 3.63) is 40.0 Å². The van der Waals surface area contributed by atoms with Gasteiger partial charge in [-0.25, -0.2) is 0 Å². The van der Waals surface area contributed by atoms with Crippen molar-refractivity contribution < 1.29 is 4.79 Å². The Bertz CT molecular complexity index is 368. The van der Waals surface area contributed by atoms with Gasteiger partial charge in [0.1, 0.15) is 0 Å². The molecule has 0 saturated carbocycles. The van der Waals surface area contributed by atoms with E-state index in [1.165, 1.54) is 26.5 Å². The third-order valence-electron chi connectivity index (χ3n) is 2.38. The van der Waals surface area contributed by atoms with Gasteiger partial charge in [0.05, 0.1) is 0 Å². The van der Waals surface area contributed by atoms with E-state index in [2.05, 4.69) is 31.2 Å². The van der Waals surface area contributed by atoms with Crippen LogP contribution in [0.4, 0.5) is 0 Å². The quantitative estimate of drug-likeness (QED) is 0.422. The second kappa shape index (κ2) is 8.50. The molecule has 0 aliphatic carbocycles. The van der Waals surface area contributed by atoms with Crippen LogP contribution in [0, 0.1) is 0 Å². The first-order valence-corrected chi connectivity index (χ1v) is 8.49. The maximum absolute atomic E-state index is 11.2. The number of carbonyl (C=O) groups is 1. The fourth-order valence-corrected chi connectivity index (χ4v) is 4.61. The predicted molar refractivity (Wildman–Crippen MR) is 74.7 cm³/mol. The molecule has 0 fully saturated rings. The van der Waals surface area contributed by atoms with Crippen molar-refractivity contribution >= 4 is 30.3 Å². The minimum absolute atomic E-state index is 0.192. The average molecular weight is 344 g/mol. The molecule has 1 rings (SSSR count). The van der Waals surface area contributed by atoms with E-state index in [0.717, 1.165) is 6.42 Å². The van der Waals surface area contributed by atoms with Crippen LogP contribution in [0.2, 0.25) is 0 Å². The van der Waals surface area contributed by atoms with Crippen LogP contribution in [0.3, 0.4) is 0 Å². The van der Waals surface area contributed by atoms with Gasteiger partial charge in [-0.1, -0.05) is 0 Å². The second-order valence-electron chi connectivity index (χ2n) is 4.09. The molecule has 92 valence electrons. The average Bonchev–Trinajstić information content (AvgIpc) is 2.30. The normalized spacial score (nSPS) is 11.5. The third kappa shape index (κ3) is 6.66. The summed E-state index contributed by atoms with van der Waals surface area (Å²) in [6, 6.07) is 10.6. The number of hydrogen-bond donors (Lipinski definition) is 0. The summed E-state index contributed by atoms with van der Waals surface area (Å²) in [4.78, 5) is 11.2. The van der Waals surface area contributed by atoms with Crippen molar-refractivity contribution in [2.75, 3.05) is 0 Å². The number of rotatable bonds is 7. The van der Waals surface area contributed by atoms with Gasteiger partial charge in [-0.3, -0.25) is 0 Å². The van der Waals surface area contributed by atoms with Gasteiger partial charge in [-0.2, -0.15) is 0 Å². The molecule has 0 atom stereocenters. The summed E-state index contributed by atoms with van der Waals surface area (Å²) in [6.45, 7) is 3.86. The number of benzene rings is 1. The molecule has 0 amide bonds. The number of carbonyl (C=O) groups excluding carboxylic acids is 1. The van der Waals surface area contributed by atoms with Gasteiger partial charge < -0.3 is 0 Å². The molecule has 1 nitrogen and oxygen atoms in total. The Labute approximate surface area is 114 Å². The van der Waals surface area contributed by atoms with Crippen LogP contribution < -0.4 is 3.61 Å². The number of hydrogen-bond acceptors (Lipinski definition) is 1. The van der Waals surface area contributed by atoms with E-state index in [-0.39, 0.29) is 26.7 Å². The molecule has 0 unspecified atom stereocenters. The summed E-state index contributed by atoms with van der Waals surface area (Å²) in [5, 5.41) is 0. The summed E-state index contributed by atoms with van der Waals surface area (Å²) >= 11 is -0.342. The molecule has 1 aromatic rings. The van der Waals surface area contributed by atoms with Crippen molar-refractivity contribution in [3.63, 3.8) is 0 Å². The van der Waals surface area contributed by atoms with Gasteiger partial charge in [0.15, 0.2) is 0 Å². The molecular formula is C15H20OTe. The van der Waals surface area contributed by atoms with E-state index < -0.39 is 0 Å². The van der Waals surface area contributed by atoms with Crippen molar-refractivity contribution in [3.8, 4) is 0 Å².